The lowest BCUT2D eigenvalue weighted by molar-refractivity contribution is 0.626. The van der Waals surface area contributed by atoms with Crippen LogP contribution in [0.25, 0.3) is 39.4 Å². The average Bonchev–Trinajstić information content (AvgIpc) is 3.02. The average molecular weight is 271 g/mol. The molecule has 0 unspecified atom stereocenters. The number of H-pyrrole nitrogens is 1. The fourth-order valence-corrected chi connectivity index (χ4v) is 3.31. The van der Waals surface area contributed by atoms with E-state index in [0.717, 1.165) is 29.0 Å². The highest BCUT2D eigenvalue weighted by molar-refractivity contribution is 5.99. The van der Waals surface area contributed by atoms with Crippen molar-refractivity contribution >= 4 is 27.9 Å². The van der Waals surface area contributed by atoms with Crippen LogP contribution in [0.15, 0.2) is 59.0 Å². The van der Waals surface area contributed by atoms with Crippen LogP contribution in [0.2, 0.25) is 0 Å². The van der Waals surface area contributed by atoms with E-state index in [1.807, 2.05) is 12.1 Å². The van der Waals surface area contributed by atoms with Crippen molar-refractivity contribution in [1.29, 1.82) is 0 Å². The fourth-order valence-electron chi connectivity index (χ4n) is 3.31. The summed E-state index contributed by atoms with van der Waals surface area (Å²) in [5.74, 6) is 0.979. The monoisotopic (exact) mass is 271 g/mol. The highest BCUT2D eigenvalue weighted by Gasteiger charge is 2.21. The van der Waals surface area contributed by atoms with Crippen LogP contribution in [0, 0.1) is 0 Å². The summed E-state index contributed by atoms with van der Waals surface area (Å²) < 4.78 is 6.16. The minimum absolute atomic E-state index is 0.906. The number of hydrogen-bond acceptors (Lipinski definition) is 1. The Morgan fingerprint density at radius 1 is 0.905 bits per heavy atom. The van der Waals surface area contributed by atoms with Crippen molar-refractivity contribution in [3.05, 3.63) is 65.7 Å². The van der Waals surface area contributed by atoms with Crippen LogP contribution in [0.3, 0.4) is 0 Å². The van der Waals surface area contributed by atoms with Gasteiger partial charge in [0.15, 0.2) is 5.76 Å². The van der Waals surface area contributed by atoms with E-state index >= 15 is 0 Å². The molecule has 2 heteroatoms. The first-order valence-corrected chi connectivity index (χ1v) is 7.20. The van der Waals surface area contributed by atoms with Crippen LogP contribution in [0.1, 0.15) is 11.1 Å². The number of furan rings is 1. The Hall–Kier alpha value is -2.74. The Bertz CT molecular complexity index is 1020. The molecule has 2 nitrogen and oxygen atoms in total. The number of hydrogen-bond donors (Lipinski definition) is 1. The van der Waals surface area contributed by atoms with E-state index in [9.17, 15) is 0 Å². The van der Waals surface area contributed by atoms with Gasteiger partial charge in [-0.25, -0.2) is 0 Å². The van der Waals surface area contributed by atoms with E-state index in [0.29, 0.717) is 0 Å². The van der Waals surface area contributed by atoms with Crippen LogP contribution in [0.4, 0.5) is 0 Å². The van der Waals surface area contributed by atoms with Gasteiger partial charge < -0.3 is 9.40 Å². The van der Waals surface area contributed by atoms with Gasteiger partial charge in [-0.15, -0.1) is 0 Å². The van der Waals surface area contributed by atoms with Crippen molar-refractivity contribution in [2.45, 2.75) is 6.42 Å². The van der Waals surface area contributed by atoms with Crippen molar-refractivity contribution in [2.24, 2.45) is 0 Å². The van der Waals surface area contributed by atoms with E-state index in [1.54, 1.807) is 0 Å². The van der Waals surface area contributed by atoms with E-state index in [-0.39, 0.29) is 0 Å². The summed E-state index contributed by atoms with van der Waals surface area (Å²) in [6.45, 7) is 0. The Labute approximate surface area is 121 Å². The molecule has 0 aliphatic heterocycles. The molecular formula is C19H13NO. The maximum atomic E-state index is 6.16. The molecule has 1 aliphatic carbocycles. The molecule has 0 atom stereocenters. The molecule has 0 spiro atoms. The molecule has 0 bridgehead atoms. The first-order valence-electron chi connectivity index (χ1n) is 7.20. The molecule has 2 aromatic carbocycles. The summed E-state index contributed by atoms with van der Waals surface area (Å²) in [5.41, 5.74) is 5.70. The standard InChI is InChI=1S/C19H13NO/c1-3-10-16-12(6-1)14-8-5-9-15-13-7-2-4-11-17(13)21-19(15)18(14)20-16/h1-8,10-11,20H,9H2. The Morgan fingerprint density at radius 2 is 1.71 bits per heavy atom. The number of allylic oxidation sites excluding steroid dienone is 1. The number of benzene rings is 2. The molecule has 0 amide bonds. The highest BCUT2D eigenvalue weighted by atomic mass is 16.3. The van der Waals surface area contributed by atoms with E-state index < -0.39 is 0 Å². The van der Waals surface area contributed by atoms with Crippen LogP contribution >= 0.6 is 0 Å². The fraction of sp³-hybridized carbons (Fsp3) is 0.0526. The molecule has 0 saturated carbocycles. The zero-order valence-corrected chi connectivity index (χ0v) is 11.4. The molecule has 2 aromatic heterocycles. The van der Waals surface area contributed by atoms with Crippen molar-refractivity contribution < 1.29 is 4.42 Å². The summed E-state index contributed by atoms with van der Waals surface area (Å²) in [5, 5.41) is 2.46. The Morgan fingerprint density at radius 3 is 2.67 bits per heavy atom. The zero-order chi connectivity index (χ0) is 13.8. The topological polar surface area (TPSA) is 28.9 Å². The molecule has 1 aliphatic rings. The first-order chi connectivity index (χ1) is 10.4. The Balaban J connectivity index is 1.94. The molecule has 0 radical (unpaired) electrons. The van der Waals surface area contributed by atoms with Gasteiger partial charge in [-0.3, -0.25) is 0 Å². The third kappa shape index (κ3) is 1.42. The maximum Gasteiger partial charge on any atom is 0.155 e. The highest BCUT2D eigenvalue weighted by Crippen LogP contribution is 2.40. The smallest absolute Gasteiger partial charge is 0.155 e. The summed E-state index contributed by atoms with van der Waals surface area (Å²) >= 11 is 0. The molecule has 0 saturated heterocycles. The summed E-state index contributed by atoms with van der Waals surface area (Å²) in [6.07, 6.45) is 5.34. The Kier molecular flexibility index (Phi) is 2.03. The lowest BCUT2D eigenvalue weighted by atomic mass is 10.1. The van der Waals surface area contributed by atoms with Crippen LogP contribution < -0.4 is 0 Å². The zero-order valence-electron chi connectivity index (χ0n) is 11.4. The third-order valence-corrected chi connectivity index (χ3v) is 4.28. The molecule has 4 aromatic rings. The second-order valence-electron chi connectivity index (χ2n) is 5.47. The molecule has 21 heavy (non-hydrogen) atoms. The second kappa shape index (κ2) is 3.89. The molecule has 1 N–H and O–H groups in total. The normalized spacial score (nSPS) is 13.3. The minimum atomic E-state index is 0.906. The van der Waals surface area contributed by atoms with E-state index in [1.165, 1.54) is 21.9 Å². The summed E-state index contributed by atoms with van der Waals surface area (Å²) in [7, 11) is 0. The number of nitrogens with one attached hydrogen (secondary N) is 1. The van der Waals surface area contributed by atoms with Crippen molar-refractivity contribution in [2.75, 3.05) is 0 Å². The van der Waals surface area contributed by atoms with Crippen LogP contribution in [0.5, 0.6) is 0 Å². The van der Waals surface area contributed by atoms with Crippen molar-refractivity contribution in [1.82, 2.24) is 4.98 Å². The predicted octanol–water partition coefficient (Wildman–Crippen LogP) is 5.15. The summed E-state index contributed by atoms with van der Waals surface area (Å²) in [4.78, 5) is 3.53. The van der Waals surface area contributed by atoms with Crippen molar-refractivity contribution in [3.8, 4) is 11.5 Å². The lowest BCUT2D eigenvalue weighted by Crippen LogP contribution is -1.82. The number of para-hydroxylation sites is 2. The van der Waals surface area contributed by atoms with Gasteiger partial charge >= 0.3 is 0 Å². The minimum Gasteiger partial charge on any atom is -0.454 e. The van der Waals surface area contributed by atoms with Gasteiger partial charge in [-0.1, -0.05) is 48.6 Å². The summed E-state index contributed by atoms with van der Waals surface area (Å²) in [6, 6.07) is 16.7. The van der Waals surface area contributed by atoms with Gasteiger partial charge in [-0.05, 0) is 18.6 Å². The second-order valence-corrected chi connectivity index (χ2v) is 5.47. The van der Waals surface area contributed by atoms with Gasteiger partial charge in [0, 0.05) is 27.4 Å². The number of rotatable bonds is 0. The van der Waals surface area contributed by atoms with E-state index in [4.69, 9.17) is 4.42 Å². The van der Waals surface area contributed by atoms with Crippen LogP contribution in [-0.2, 0) is 6.42 Å². The van der Waals surface area contributed by atoms with Gasteiger partial charge in [0.1, 0.15) is 5.58 Å². The van der Waals surface area contributed by atoms with Crippen molar-refractivity contribution in [3.63, 3.8) is 0 Å². The quantitative estimate of drug-likeness (QED) is 0.470. The van der Waals surface area contributed by atoms with Crippen LogP contribution in [-0.4, -0.2) is 4.98 Å². The lowest BCUT2D eigenvalue weighted by Gasteiger charge is -1.97. The molecular weight excluding hydrogens is 258 g/mol. The maximum absolute atomic E-state index is 6.16. The van der Waals surface area contributed by atoms with E-state index in [2.05, 4.69) is 53.5 Å². The number of aromatic amines is 1. The first kappa shape index (κ1) is 11.0. The van der Waals surface area contributed by atoms with Gasteiger partial charge in [0.2, 0.25) is 0 Å². The molecule has 2 heterocycles. The van der Waals surface area contributed by atoms with Gasteiger partial charge in [0.05, 0.1) is 5.69 Å². The predicted molar refractivity (Wildman–Crippen MR) is 86.2 cm³/mol. The third-order valence-electron chi connectivity index (χ3n) is 4.28. The largest absolute Gasteiger partial charge is 0.454 e. The SMILES string of the molecule is C1=Cc2c([nH]c3ccccc23)-c2oc3ccccc3c2C1. The molecule has 0 fully saturated rings. The number of aromatic nitrogens is 1. The molecule has 100 valence electrons. The van der Waals surface area contributed by atoms with Gasteiger partial charge in [-0.2, -0.15) is 0 Å². The number of fused-ring (bicyclic) bond motifs is 7. The molecule has 5 rings (SSSR count). The van der Waals surface area contributed by atoms with Gasteiger partial charge in [0.25, 0.3) is 0 Å².